The maximum atomic E-state index is 12.2. The summed E-state index contributed by atoms with van der Waals surface area (Å²) in [7, 11) is 0. The zero-order valence-corrected chi connectivity index (χ0v) is 13.2. The summed E-state index contributed by atoms with van der Waals surface area (Å²) >= 11 is 1.52. The van der Waals surface area contributed by atoms with Crippen LogP contribution in [0.5, 0.6) is 0 Å². The van der Waals surface area contributed by atoms with Crippen molar-refractivity contribution in [1.29, 1.82) is 0 Å². The number of hydrogen-bond acceptors (Lipinski definition) is 5. The number of hydrogen-bond donors (Lipinski definition) is 2. The van der Waals surface area contributed by atoms with Gasteiger partial charge in [-0.15, -0.1) is 0 Å². The predicted octanol–water partition coefficient (Wildman–Crippen LogP) is 0.877. The van der Waals surface area contributed by atoms with Crippen LogP contribution >= 0.6 is 11.8 Å². The number of fused-ring (bicyclic) bond motifs is 1. The number of nitrogens with one attached hydrogen (secondary N) is 1. The molecule has 0 aromatic carbocycles. The van der Waals surface area contributed by atoms with Gasteiger partial charge < -0.3 is 10.4 Å². The summed E-state index contributed by atoms with van der Waals surface area (Å²) in [6.07, 6.45) is 2.87. The lowest BCUT2D eigenvalue weighted by atomic mass is 9.83. The van der Waals surface area contributed by atoms with E-state index in [1.165, 1.54) is 18.0 Å². The summed E-state index contributed by atoms with van der Waals surface area (Å²) in [4.78, 5) is 28.6. The molecule has 116 valence electrons. The van der Waals surface area contributed by atoms with Gasteiger partial charge in [0.1, 0.15) is 5.56 Å². The van der Waals surface area contributed by atoms with Gasteiger partial charge in [0, 0.05) is 30.5 Å². The lowest BCUT2D eigenvalue weighted by molar-refractivity contribution is 0.0848. The fraction of sp³-hybridized carbons (Fsp3) is 0.643. The summed E-state index contributed by atoms with van der Waals surface area (Å²) in [5.74, 6) is 0.395. The van der Waals surface area contributed by atoms with E-state index in [-0.39, 0.29) is 23.1 Å². The van der Waals surface area contributed by atoms with Crippen molar-refractivity contribution in [3.8, 4) is 0 Å². The molecule has 7 heteroatoms. The number of nitrogens with zero attached hydrogens (tertiary/aromatic N) is 2. The Kier molecular flexibility index (Phi) is 5.05. The SMILES string of the molecule is CCC(CC)(CO)CNC(=O)c1cnc2n(c1=O)CCS2. The predicted molar refractivity (Wildman–Crippen MR) is 81.7 cm³/mol. The Morgan fingerprint density at radius 3 is 2.86 bits per heavy atom. The van der Waals surface area contributed by atoms with Crippen LogP contribution in [0.25, 0.3) is 0 Å². The highest BCUT2D eigenvalue weighted by atomic mass is 32.2. The fourth-order valence-electron chi connectivity index (χ4n) is 2.32. The standard InChI is InChI=1S/C14H21N3O3S/c1-3-14(4-2,9-18)8-16-11(19)10-7-15-13-17(12(10)20)5-6-21-13/h7,18H,3-6,8-9H2,1-2H3,(H,16,19). The van der Waals surface area contributed by atoms with Crippen LogP contribution in [-0.4, -0.2) is 39.5 Å². The summed E-state index contributed by atoms with van der Waals surface area (Å²) in [6.45, 7) is 4.92. The van der Waals surface area contributed by atoms with E-state index in [0.717, 1.165) is 18.6 Å². The third-order valence-electron chi connectivity index (χ3n) is 4.26. The number of aliphatic hydroxyl groups is 1. The maximum absolute atomic E-state index is 12.2. The van der Waals surface area contributed by atoms with Crippen molar-refractivity contribution in [2.75, 3.05) is 18.9 Å². The van der Waals surface area contributed by atoms with Gasteiger partial charge in [0.05, 0.1) is 6.61 Å². The molecule has 1 amide bonds. The Bertz CT molecular complexity index is 573. The van der Waals surface area contributed by atoms with Crippen molar-refractivity contribution in [2.24, 2.45) is 5.41 Å². The molecule has 0 saturated heterocycles. The zero-order chi connectivity index (χ0) is 15.5. The van der Waals surface area contributed by atoms with Gasteiger partial charge in [-0.25, -0.2) is 4.98 Å². The minimum absolute atomic E-state index is 0.0122. The number of amides is 1. The first-order valence-electron chi connectivity index (χ1n) is 7.18. The van der Waals surface area contributed by atoms with Gasteiger partial charge in [-0.2, -0.15) is 0 Å². The van der Waals surface area contributed by atoms with Crippen molar-refractivity contribution in [2.45, 2.75) is 38.4 Å². The molecule has 2 N–H and O–H groups in total. The average molecular weight is 311 g/mol. The van der Waals surface area contributed by atoms with Crippen LogP contribution in [0.1, 0.15) is 37.0 Å². The summed E-state index contributed by atoms with van der Waals surface area (Å²) in [5.41, 5.74) is -0.545. The Balaban J connectivity index is 2.13. The van der Waals surface area contributed by atoms with Crippen LogP contribution in [0.4, 0.5) is 0 Å². The second-order valence-corrected chi connectivity index (χ2v) is 6.37. The van der Waals surface area contributed by atoms with Crippen molar-refractivity contribution in [1.82, 2.24) is 14.9 Å². The molecule has 0 unspecified atom stereocenters. The molecule has 1 aliphatic rings. The van der Waals surface area contributed by atoms with Gasteiger partial charge in [-0.1, -0.05) is 25.6 Å². The van der Waals surface area contributed by atoms with E-state index in [9.17, 15) is 14.7 Å². The third kappa shape index (κ3) is 3.13. The number of thioether (sulfide) groups is 1. The Labute approximate surface area is 128 Å². The zero-order valence-electron chi connectivity index (χ0n) is 12.4. The average Bonchev–Trinajstić information content (AvgIpc) is 2.99. The first kappa shape index (κ1) is 16.0. The largest absolute Gasteiger partial charge is 0.396 e. The molecule has 2 rings (SSSR count). The van der Waals surface area contributed by atoms with Gasteiger partial charge in [-0.05, 0) is 12.8 Å². The highest BCUT2D eigenvalue weighted by Gasteiger charge is 2.27. The second kappa shape index (κ2) is 6.62. The molecule has 2 heterocycles. The molecule has 0 fully saturated rings. The molecule has 0 saturated carbocycles. The summed E-state index contributed by atoms with van der Waals surface area (Å²) in [5, 5.41) is 12.9. The van der Waals surface area contributed by atoms with E-state index in [1.807, 2.05) is 13.8 Å². The topological polar surface area (TPSA) is 84.2 Å². The summed E-state index contributed by atoms with van der Waals surface area (Å²) in [6, 6.07) is 0. The Morgan fingerprint density at radius 1 is 1.52 bits per heavy atom. The number of aromatic nitrogens is 2. The van der Waals surface area contributed by atoms with Gasteiger partial charge in [-0.3, -0.25) is 14.2 Å². The van der Waals surface area contributed by atoms with Crippen LogP contribution in [0.2, 0.25) is 0 Å². The fourth-order valence-corrected chi connectivity index (χ4v) is 3.23. The quantitative estimate of drug-likeness (QED) is 0.762. The van der Waals surface area contributed by atoms with Crippen LogP contribution in [0.15, 0.2) is 16.1 Å². The molecular formula is C14H21N3O3S. The first-order chi connectivity index (χ1) is 10.1. The van der Waals surface area contributed by atoms with Crippen molar-refractivity contribution < 1.29 is 9.90 Å². The molecular weight excluding hydrogens is 290 g/mol. The highest BCUT2D eigenvalue weighted by Crippen LogP contribution is 2.24. The van der Waals surface area contributed by atoms with E-state index in [1.54, 1.807) is 4.57 Å². The van der Waals surface area contributed by atoms with Crippen molar-refractivity contribution in [3.05, 3.63) is 22.1 Å². The van der Waals surface area contributed by atoms with Crippen LogP contribution in [-0.2, 0) is 6.54 Å². The van der Waals surface area contributed by atoms with Crippen molar-refractivity contribution in [3.63, 3.8) is 0 Å². The van der Waals surface area contributed by atoms with Crippen LogP contribution < -0.4 is 10.9 Å². The number of carbonyl (C=O) groups is 1. The number of rotatable bonds is 6. The maximum Gasteiger partial charge on any atom is 0.267 e. The molecule has 0 bridgehead atoms. The molecule has 0 spiro atoms. The third-order valence-corrected chi connectivity index (χ3v) is 5.23. The second-order valence-electron chi connectivity index (χ2n) is 5.31. The molecule has 0 aliphatic carbocycles. The Hall–Kier alpha value is -1.34. The lowest BCUT2D eigenvalue weighted by Gasteiger charge is -2.29. The molecule has 21 heavy (non-hydrogen) atoms. The Morgan fingerprint density at radius 2 is 2.24 bits per heavy atom. The normalized spacial score (nSPS) is 14.0. The van der Waals surface area contributed by atoms with E-state index in [2.05, 4.69) is 10.3 Å². The molecule has 1 aliphatic heterocycles. The number of carbonyl (C=O) groups excluding carboxylic acids is 1. The van der Waals surface area contributed by atoms with E-state index >= 15 is 0 Å². The molecule has 1 aromatic heterocycles. The number of aliphatic hydroxyl groups excluding tert-OH is 1. The monoisotopic (exact) mass is 311 g/mol. The molecule has 1 aromatic rings. The van der Waals surface area contributed by atoms with E-state index in [0.29, 0.717) is 18.2 Å². The van der Waals surface area contributed by atoms with E-state index in [4.69, 9.17) is 0 Å². The molecule has 6 nitrogen and oxygen atoms in total. The van der Waals surface area contributed by atoms with Crippen LogP contribution in [0, 0.1) is 5.41 Å². The minimum atomic E-state index is -0.417. The molecule has 0 radical (unpaired) electrons. The minimum Gasteiger partial charge on any atom is -0.396 e. The van der Waals surface area contributed by atoms with Gasteiger partial charge in [0.25, 0.3) is 11.5 Å². The van der Waals surface area contributed by atoms with Gasteiger partial charge >= 0.3 is 0 Å². The lowest BCUT2D eigenvalue weighted by Crippen LogP contribution is -2.41. The van der Waals surface area contributed by atoms with Crippen molar-refractivity contribution >= 4 is 17.7 Å². The molecule has 0 atom stereocenters. The first-order valence-corrected chi connectivity index (χ1v) is 8.17. The van der Waals surface area contributed by atoms with Gasteiger partial charge in [0.15, 0.2) is 5.16 Å². The van der Waals surface area contributed by atoms with E-state index < -0.39 is 5.91 Å². The highest BCUT2D eigenvalue weighted by molar-refractivity contribution is 7.99. The van der Waals surface area contributed by atoms with Crippen LogP contribution in [0.3, 0.4) is 0 Å². The van der Waals surface area contributed by atoms with Gasteiger partial charge in [0.2, 0.25) is 0 Å². The summed E-state index contributed by atoms with van der Waals surface area (Å²) < 4.78 is 1.54. The smallest absolute Gasteiger partial charge is 0.267 e.